The van der Waals surface area contributed by atoms with Crippen molar-refractivity contribution in [3.8, 4) is 84.4 Å². The Balaban J connectivity index is 1.10. The Bertz CT molecular complexity index is 3840. The molecular weight excluding hydrogens is 829 g/mol. The second-order valence-corrected chi connectivity index (χ2v) is 17.2. The highest BCUT2D eigenvalue weighted by atomic mass is 16.3. The van der Waals surface area contributed by atoms with Crippen LogP contribution in [0.2, 0.25) is 0 Å². The molecule has 3 aromatic heterocycles. The van der Waals surface area contributed by atoms with Crippen LogP contribution in [0, 0.1) is 0 Å². The predicted octanol–water partition coefficient (Wildman–Crippen LogP) is 16.5. The van der Waals surface area contributed by atoms with Gasteiger partial charge in [0.15, 0.2) is 17.5 Å². The highest BCUT2D eigenvalue weighted by molar-refractivity contribution is 6.13. The molecule has 3 heterocycles. The third-order valence-corrected chi connectivity index (χ3v) is 13.0. The smallest absolute Gasteiger partial charge is 0.164 e. The van der Waals surface area contributed by atoms with Crippen molar-refractivity contribution in [3.05, 3.63) is 243 Å². The zero-order valence-corrected chi connectivity index (χ0v) is 36.8. The van der Waals surface area contributed by atoms with Crippen molar-refractivity contribution in [2.24, 2.45) is 0 Å². The average molecular weight is 869 g/mol. The van der Waals surface area contributed by atoms with Crippen LogP contribution in [0.15, 0.2) is 247 Å². The molecule has 0 bridgehead atoms. The van der Waals surface area contributed by atoms with Gasteiger partial charge >= 0.3 is 0 Å². The highest BCUT2D eigenvalue weighted by Crippen LogP contribution is 2.45. The van der Waals surface area contributed by atoms with Crippen LogP contribution in [0.4, 0.5) is 0 Å². The molecule has 5 nitrogen and oxygen atoms in total. The summed E-state index contributed by atoms with van der Waals surface area (Å²) in [4.78, 5) is 15.7. The quantitative estimate of drug-likeness (QED) is 0.153. The molecule has 0 atom stereocenters. The van der Waals surface area contributed by atoms with Crippen molar-refractivity contribution >= 4 is 43.7 Å². The van der Waals surface area contributed by atoms with Crippen molar-refractivity contribution < 1.29 is 4.42 Å². The zero-order chi connectivity index (χ0) is 45.0. The summed E-state index contributed by atoms with van der Waals surface area (Å²) in [6.07, 6.45) is 0. The maximum absolute atomic E-state index is 6.37. The van der Waals surface area contributed by atoms with Crippen molar-refractivity contribution in [3.63, 3.8) is 0 Å². The molecule has 0 unspecified atom stereocenters. The third-order valence-electron chi connectivity index (χ3n) is 13.0. The van der Waals surface area contributed by atoms with Crippen LogP contribution in [0.5, 0.6) is 0 Å². The molecule has 0 radical (unpaired) electrons. The van der Waals surface area contributed by atoms with Crippen molar-refractivity contribution in [1.29, 1.82) is 0 Å². The summed E-state index contributed by atoms with van der Waals surface area (Å²) in [5, 5.41) is 4.48. The molecule has 0 saturated carbocycles. The number of furan rings is 1. The number of benzene rings is 10. The van der Waals surface area contributed by atoms with Gasteiger partial charge in [-0.25, -0.2) is 15.0 Å². The first-order chi connectivity index (χ1) is 33.7. The van der Waals surface area contributed by atoms with Gasteiger partial charge < -0.3 is 8.98 Å². The van der Waals surface area contributed by atoms with Gasteiger partial charge in [-0.2, -0.15) is 0 Å². The van der Waals surface area contributed by atoms with E-state index in [2.05, 4.69) is 193 Å². The van der Waals surface area contributed by atoms with E-state index in [0.717, 1.165) is 77.6 Å². The fourth-order valence-corrected chi connectivity index (χ4v) is 9.78. The van der Waals surface area contributed by atoms with E-state index in [1.54, 1.807) is 0 Å². The first kappa shape index (κ1) is 39.2. The molecule has 0 aliphatic heterocycles. The largest absolute Gasteiger partial charge is 0.456 e. The fraction of sp³-hybridized carbons (Fsp3) is 0. The molecule has 0 aliphatic rings. The topological polar surface area (TPSA) is 56.7 Å². The molecule has 0 amide bonds. The lowest BCUT2D eigenvalue weighted by atomic mass is 9.92. The summed E-state index contributed by atoms with van der Waals surface area (Å²) in [5.41, 5.74) is 16.5. The van der Waals surface area contributed by atoms with E-state index in [0.29, 0.717) is 17.5 Å². The predicted molar refractivity (Wildman–Crippen MR) is 279 cm³/mol. The summed E-state index contributed by atoms with van der Waals surface area (Å²) in [7, 11) is 0. The molecule has 13 aromatic rings. The van der Waals surface area contributed by atoms with E-state index in [1.807, 2.05) is 54.6 Å². The molecule has 0 fully saturated rings. The van der Waals surface area contributed by atoms with Crippen LogP contribution in [0.25, 0.3) is 128 Å². The molecule has 0 aliphatic carbocycles. The molecule has 10 aromatic carbocycles. The van der Waals surface area contributed by atoms with Crippen molar-refractivity contribution in [2.75, 3.05) is 0 Å². The molecule has 68 heavy (non-hydrogen) atoms. The van der Waals surface area contributed by atoms with E-state index in [1.165, 1.54) is 33.0 Å². The Labute approximate surface area is 392 Å². The summed E-state index contributed by atoms with van der Waals surface area (Å²) in [5.74, 6) is 1.73. The zero-order valence-electron chi connectivity index (χ0n) is 36.8. The SMILES string of the molecule is c1ccc(-c2ccc3c(c2)c2cc(-c4ccccc4)ccc2n3-c2c(-c3ccccc3)cc(-c3nc(-c4ccccc4)nc(-c4ccc5c(c4)oc4ccccc45)n3)cc2-c2ccccc2)cc1. The Morgan fingerprint density at radius 1 is 0.265 bits per heavy atom. The molecular formula is C63H40N4O. The Morgan fingerprint density at radius 3 is 1.21 bits per heavy atom. The Kier molecular flexibility index (Phi) is 9.43. The molecule has 318 valence electrons. The minimum absolute atomic E-state index is 0.564. The van der Waals surface area contributed by atoms with Gasteiger partial charge in [0.05, 0.1) is 16.7 Å². The van der Waals surface area contributed by atoms with E-state index >= 15 is 0 Å². The van der Waals surface area contributed by atoms with Gasteiger partial charge in [0.1, 0.15) is 11.2 Å². The molecule has 5 heteroatoms. The highest BCUT2D eigenvalue weighted by Gasteiger charge is 2.24. The normalized spacial score (nSPS) is 11.5. The number of fused-ring (bicyclic) bond motifs is 6. The summed E-state index contributed by atoms with van der Waals surface area (Å²) < 4.78 is 8.84. The monoisotopic (exact) mass is 868 g/mol. The van der Waals surface area contributed by atoms with E-state index in [-0.39, 0.29) is 0 Å². The van der Waals surface area contributed by atoms with Crippen LogP contribution in [0.1, 0.15) is 0 Å². The molecule has 0 saturated heterocycles. The minimum atomic E-state index is 0.564. The molecule has 0 N–H and O–H groups in total. The number of aromatic nitrogens is 4. The van der Waals surface area contributed by atoms with Crippen LogP contribution in [-0.4, -0.2) is 19.5 Å². The van der Waals surface area contributed by atoms with E-state index in [4.69, 9.17) is 19.4 Å². The molecule has 0 spiro atoms. The average Bonchev–Trinajstić information content (AvgIpc) is 3.96. The van der Waals surface area contributed by atoms with Crippen LogP contribution in [-0.2, 0) is 0 Å². The van der Waals surface area contributed by atoms with E-state index in [9.17, 15) is 0 Å². The first-order valence-electron chi connectivity index (χ1n) is 22.9. The van der Waals surface area contributed by atoms with Crippen LogP contribution >= 0.6 is 0 Å². The summed E-state index contributed by atoms with van der Waals surface area (Å²) in [6, 6.07) is 85.5. The third kappa shape index (κ3) is 6.84. The lowest BCUT2D eigenvalue weighted by Gasteiger charge is -2.21. The standard InChI is InChI=1S/C63H40N4O/c1-6-18-41(19-7-1)46-31-34-56-54(36-46)55-37-47(42-20-8-2-9-21-42)32-35-57(55)67(56)60-52(43-22-10-3-11-23-43)38-49(39-53(60)44-24-12-4-13-25-44)63-65-61(45-26-14-5-15-27-45)64-62(66-63)48-30-33-51-50-28-16-17-29-58(50)68-59(51)40-48/h1-40H. The van der Waals surface area contributed by atoms with Crippen LogP contribution < -0.4 is 0 Å². The van der Waals surface area contributed by atoms with Gasteiger partial charge in [-0.15, -0.1) is 0 Å². The summed E-state index contributed by atoms with van der Waals surface area (Å²) >= 11 is 0. The van der Waals surface area contributed by atoms with Gasteiger partial charge in [0, 0.05) is 49.4 Å². The second-order valence-electron chi connectivity index (χ2n) is 17.2. The Hall–Kier alpha value is -9.19. The van der Waals surface area contributed by atoms with Gasteiger partial charge in [-0.05, 0) is 88.0 Å². The van der Waals surface area contributed by atoms with Gasteiger partial charge in [-0.3, -0.25) is 0 Å². The minimum Gasteiger partial charge on any atom is -0.456 e. The number of hydrogen-bond donors (Lipinski definition) is 0. The van der Waals surface area contributed by atoms with Gasteiger partial charge in [0.25, 0.3) is 0 Å². The number of nitrogens with zero attached hydrogens (tertiary/aromatic N) is 4. The van der Waals surface area contributed by atoms with Crippen molar-refractivity contribution in [2.45, 2.75) is 0 Å². The van der Waals surface area contributed by atoms with Crippen LogP contribution in [0.3, 0.4) is 0 Å². The maximum Gasteiger partial charge on any atom is 0.164 e. The fourth-order valence-electron chi connectivity index (χ4n) is 9.78. The van der Waals surface area contributed by atoms with E-state index < -0.39 is 0 Å². The first-order valence-corrected chi connectivity index (χ1v) is 22.9. The van der Waals surface area contributed by atoms with Gasteiger partial charge in [-0.1, -0.05) is 188 Å². The number of para-hydroxylation sites is 1. The van der Waals surface area contributed by atoms with Crippen molar-refractivity contribution in [1.82, 2.24) is 19.5 Å². The number of rotatable bonds is 8. The Morgan fingerprint density at radius 2 is 0.676 bits per heavy atom. The van der Waals surface area contributed by atoms with Gasteiger partial charge in [0.2, 0.25) is 0 Å². The lowest BCUT2D eigenvalue weighted by Crippen LogP contribution is -2.04. The lowest BCUT2D eigenvalue weighted by molar-refractivity contribution is 0.669. The second kappa shape index (κ2) is 16.4. The molecule has 13 rings (SSSR count). The number of hydrogen-bond acceptors (Lipinski definition) is 4. The maximum atomic E-state index is 6.37. The summed E-state index contributed by atoms with van der Waals surface area (Å²) in [6.45, 7) is 0.